The van der Waals surface area contributed by atoms with Crippen LogP contribution in [-0.2, 0) is 0 Å². The second kappa shape index (κ2) is 12.6. The van der Waals surface area contributed by atoms with E-state index in [4.69, 9.17) is 15.0 Å². The number of para-hydroxylation sites is 2. The fourth-order valence-corrected chi connectivity index (χ4v) is 10.0. The van der Waals surface area contributed by atoms with Crippen molar-refractivity contribution in [1.82, 2.24) is 24.1 Å². The fourth-order valence-electron chi connectivity index (χ4n) is 8.66. The molecule has 3 heterocycles. The highest BCUT2D eigenvalue weighted by atomic mass is 32.1. The third-order valence-corrected chi connectivity index (χ3v) is 12.4. The van der Waals surface area contributed by atoms with Crippen LogP contribution >= 0.6 is 11.3 Å². The average Bonchev–Trinajstić information content (AvgIpc) is 3.33. The van der Waals surface area contributed by atoms with Crippen molar-refractivity contribution in [2.75, 3.05) is 0 Å². The second-order valence-corrected chi connectivity index (χ2v) is 15.4. The van der Waals surface area contributed by atoms with E-state index in [1.807, 2.05) is 29.5 Å². The number of hydrogen-bond acceptors (Lipinski definition) is 4. The van der Waals surface area contributed by atoms with Crippen molar-refractivity contribution >= 4 is 85.9 Å². The molecule has 12 aromatic rings. The fraction of sp³-hybridized carbons (Fsp3) is 0. The van der Waals surface area contributed by atoms with Crippen molar-refractivity contribution in [2.24, 2.45) is 0 Å². The molecule has 9 aromatic carbocycles. The van der Waals surface area contributed by atoms with Crippen LogP contribution in [0, 0.1) is 0 Å². The predicted octanol–water partition coefficient (Wildman–Crippen LogP) is 13.5. The summed E-state index contributed by atoms with van der Waals surface area (Å²) in [4.78, 5) is 16.1. The van der Waals surface area contributed by atoms with Gasteiger partial charge in [0, 0.05) is 33.0 Å². The van der Waals surface area contributed by atoms with Crippen molar-refractivity contribution in [3.8, 4) is 34.4 Å². The first-order valence-electron chi connectivity index (χ1n) is 19.1. The average molecular weight is 746 g/mol. The molecule has 0 atom stereocenters. The molecule has 12 rings (SSSR count). The minimum Gasteiger partial charge on any atom is -0.308 e. The molecule has 0 amide bonds. The number of fused-ring (bicyclic) bond motifs is 4. The van der Waals surface area contributed by atoms with Gasteiger partial charge in [-0.1, -0.05) is 158 Å². The Bertz CT molecular complexity index is 3580. The van der Waals surface area contributed by atoms with Crippen molar-refractivity contribution in [3.63, 3.8) is 0 Å². The molecule has 0 aliphatic heterocycles. The Morgan fingerprint density at radius 1 is 0.386 bits per heavy atom. The second-order valence-electron chi connectivity index (χ2n) is 14.4. The van der Waals surface area contributed by atoms with E-state index in [0.29, 0.717) is 17.6 Å². The van der Waals surface area contributed by atoms with E-state index in [1.165, 1.54) is 26.2 Å². The largest absolute Gasteiger partial charge is 0.308 e. The van der Waals surface area contributed by atoms with Crippen LogP contribution in [0.4, 0.5) is 0 Å². The number of benzene rings is 9. The van der Waals surface area contributed by atoms with E-state index in [0.717, 1.165) is 65.1 Å². The van der Waals surface area contributed by atoms with Crippen LogP contribution in [0.1, 0.15) is 0 Å². The quantitative estimate of drug-likeness (QED) is 0.133. The van der Waals surface area contributed by atoms with Crippen LogP contribution in [0.3, 0.4) is 0 Å². The van der Waals surface area contributed by atoms with Crippen LogP contribution in [0.5, 0.6) is 0 Å². The van der Waals surface area contributed by atoms with Crippen LogP contribution < -0.4 is 0 Å². The highest BCUT2D eigenvalue weighted by molar-refractivity contribution is 7.26. The molecule has 0 aliphatic carbocycles. The van der Waals surface area contributed by atoms with E-state index < -0.39 is 0 Å². The lowest BCUT2D eigenvalue weighted by Crippen LogP contribution is -2.09. The summed E-state index contributed by atoms with van der Waals surface area (Å²) in [6, 6.07) is 66.8. The van der Waals surface area contributed by atoms with Crippen molar-refractivity contribution in [1.29, 1.82) is 0 Å². The zero-order chi connectivity index (χ0) is 37.5. The Balaban J connectivity index is 1.36. The number of hydrogen-bond donors (Lipinski definition) is 0. The number of rotatable bonds is 4. The summed E-state index contributed by atoms with van der Waals surface area (Å²) in [5.74, 6) is 1.81. The van der Waals surface area contributed by atoms with Gasteiger partial charge in [0.2, 0.25) is 5.95 Å². The number of nitrogens with zero attached hydrogens (tertiary/aromatic N) is 5. The maximum Gasteiger partial charge on any atom is 0.238 e. The Morgan fingerprint density at radius 3 is 1.89 bits per heavy atom. The van der Waals surface area contributed by atoms with E-state index in [-0.39, 0.29) is 0 Å². The molecule has 0 radical (unpaired) electrons. The van der Waals surface area contributed by atoms with Crippen molar-refractivity contribution in [2.45, 2.75) is 0 Å². The summed E-state index contributed by atoms with van der Waals surface area (Å²) in [6.07, 6.45) is 0. The van der Waals surface area contributed by atoms with E-state index >= 15 is 0 Å². The first kappa shape index (κ1) is 31.9. The van der Waals surface area contributed by atoms with E-state index in [2.05, 4.69) is 179 Å². The molecule has 266 valence electrons. The van der Waals surface area contributed by atoms with Crippen LogP contribution in [0.15, 0.2) is 188 Å². The topological polar surface area (TPSA) is 48.5 Å². The lowest BCUT2D eigenvalue weighted by molar-refractivity contribution is 0.954. The lowest BCUT2D eigenvalue weighted by Gasteiger charge is -2.20. The van der Waals surface area contributed by atoms with Gasteiger partial charge in [0.1, 0.15) is 0 Å². The smallest absolute Gasteiger partial charge is 0.238 e. The summed E-state index contributed by atoms with van der Waals surface area (Å²) in [7, 11) is 0. The molecular formula is C51H31N5S. The van der Waals surface area contributed by atoms with Crippen LogP contribution in [-0.4, -0.2) is 24.1 Å². The molecule has 6 bridgehead atoms. The SMILES string of the molecule is c1ccc(-c2nc(-c3cccc4ccccc34)nc(-n3c4ccc5cccc6c7ccccc7n(-c7ccccc7)c7cc8ccccc8c3c7sc4c56)n2)cc1. The molecular weight excluding hydrogens is 715 g/mol. The highest BCUT2D eigenvalue weighted by Gasteiger charge is 2.23. The van der Waals surface area contributed by atoms with Gasteiger partial charge < -0.3 is 4.57 Å². The highest BCUT2D eigenvalue weighted by Crippen LogP contribution is 2.44. The summed E-state index contributed by atoms with van der Waals surface area (Å²) in [6.45, 7) is 0. The molecule has 6 heteroatoms. The predicted molar refractivity (Wildman–Crippen MR) is 239 cm³/mol. The van der Waals surface area contributed by atoms with Gasteiger partial charge in [-0.25, -0.2) is 4.98 Å². The molecule has 0 aliphatic rings. The van der Waals surface area contributed by atoms with Gasteiger partial charge in [0.25, 0.3) is 0 Å². The molecule has 0 unspecified atom stereocenters. The summed E-state index contributed by atoms with van der Waals surface area (Å²) < 4.78 is 7.06. The van der Waals surface area contributed by atoms with Gasteiger partial charge in [-0.2, -0.15) is 9.97 Å². The molecule has 57 heavy (non-hydrogen) atoms. The van der Waals surface area contributed by atoms with Gasteiger partial charge in [-0.15, -0.1) is 11.3 Å². The summed E-state index contributed by atoms with van der Waals surface area (Å²) in [5.41, 5.74) is 7.28. The third kappa shape index (κ3) is 4.91. The van der Waals surface area contributed by atoms with E-state index in [1.54, 1.807) is 0 Å². The van der Waals surface area contributed by atoms with Gasteiger partial charge in [-0.3, -0.25) is 4.57 Å². The Labute approximate surface area is 331 Å². The number of aromatic nitrogens is 5. The Kier molecular flexibility index (Phi) is 7.03. The minimum atomic E-state index is 0.566. The van der Waals surface area contributed by atoms with Gasteiger partial charge in [-0.05, 0) is 57.3 Å². The van der Waals surface area contributed by atoms with E-state index in [9.17, 15) is 0 Å². The summed E-state index contributed by atoms with van der Waals surface area (Å²) in [5, 5.41) is 9.24. The molecule has 5 nitrogen and oxygen atoms in total. The van der Waals surface area contributed by atoms with Gasteiger partial charge in [0.15, 0.2) is 11.6 Å². The Hall–Kier alpha value is -7.41. The maximum absolute atomic E-state index is 5.48. The molecule has 0 spiro atoms. The summed E-state index contributed by atoms with van der Waals surface area (Å²) >= 11 is 1.85. The maximum atomic E-state index is 5.48. The van der Waals surface area contributed by atoms with Gasteiger partial charge in [0.05, 0.1) is 31.5 Å². The molecule has 3 aromatic heterocycles. The zero-order valence-corrected chi connectivity index (χ0v) is 31.4. The van der Waals surface area contributed by atoms with Crippen molar-refractivity contribution in [3.05, 3.63) is 188 Å². The standard InChI is InChI=1S/C51H31N5S/c1-3-16-34(17-4-1)49-52-50(41-27-13-19-32-15-7-9-23-37(32)41)54-51(53-49)56-43-30-29-33-20-14-26-40-39-25-11-12-28-42(39)55(36-21-5-2-6-22-36)44-31-35-18-8-10-24-38(35)46(56)48(44)57-47(43)45(33)40/h1-31H. The third-order valence-electron chi connectivity index (χ3n) is 11.2. The Morgan fingerprint density at radius 2 is 1.04 bits per heavy atom. The van der Waals surface area contributed by atoms with Crippen molar-refractivity contribution < 1.29 is 0 Å². The monoisotopic (exact) mass is 745 g/mol. The molecule has 0 saturated heterocycles. The van der Waals surface area contributed by atoms with Crippen LogP contribution in [0.25, 0.3) is 109 Å². The first-order chi connectivity index (χ1) is 28.3. The lowest BCUT2D eigenvalue weighted by atomic mass is 10.0. The first-order valence-corrected chi connectivity index (χ1v) is 19.9. The molecule has 0 fully saturated rings. The minimum absolute atomic E-state index is 0.566. The normalized spacial score (nSPS) is 11.9. The molecule has 0 N–H and O–H groups in total. The zero-order valence-electron chi connectivity index (χ0n) is 30.5. The van der Waals surface area contributed by atoms with Gasteiger partial charge >= 0.3 is 0 Å². The van der Waals surface area contributed by atoms with Crippen LogP contribution in [0.2, 0.25) is 0 Å². The molecule has 0 saturated carbocycles.